The molecule has 0 spiro atoms. The van der Waals surface area contributed by atoms with Crippen molar-refractivity contribution in [2.75, 3.05) is 4.90 Å². The lowest BCUT2D eigenvalue weighted by molar-refractivity contribution is 0.670. The van der Waals surface area contributed by atoms with Crippen molar-refractivity contribution >= 4 is 82.4 Å². The Morgan fingerprint density at radius 1 is 0.415 bits per heavy atom. The molecule has 0 atom stereocenters. The Hall–Kier alpha value is -7.10. The molecule has 0 N–H and O–H groups in total. The summed E-state index contributed by atoms with van der Waals surface area (Å²) < 4.78 is 9.21. The van der Waals surface area contributed by atoms with Crippen molar-refractivity contribution in [2.45, 2.75) is 0 Å². The van der Waals surface area contributed by atoms with Crippen molar-refractivity contribution in [1.82, 2.24) is 4.57 Å². The topological polar surface area (TPSA) is 21.3 Å². The summed E-state index contributed by atoms with van der Waals surface area (Å²) in [6.45, 7) is 0. The highest BCUT2D eigenvalue weighted by atomic mass is 16.3. The van der Waals surface area contributed by atoms with Crippen LogP contribution in [0.3, 0.4) is 0 Å². The van der Waals surface area contributed by atoms with Crippen LogP contribution in [-0.4, -0.2) is 4.57 Å². The summed E-state index contributed by atoms with van der Waals surface area (Å²) in [4.78, 5) is 2.46. The molecule has 0 fully saturated rings. The molecule has 0 unspecified atom stereocenters. The largest absolute Gasteiger partial charge is 0.455 e. The third-order valence-electron chi connectivity index (χ3n) is 10.7. The first-order valence-corrected chi connectivity index (χ1v) is 18.1. The first kappa shape index (κ1) is 29.6. The summed E-state index contributed by atoms with van der Waals surface area (Å²) in [6, 6.07) is 69.7. The molecule has 2 aromatic heterocycles. The lowest BCUT2D eigenvalue weighted by Gasteiger charge is -2.28. The molecule has 0 aliphatic heterocycles. The average Bonchev–Trinajstić information content (AvgIpc) is 3.78. The van der Waals surface area contributed by atoms with Crippen molar-refractivity contribution in [3.63, 3.8) is 0 Å². The minimum Gasteiger partial charge on any atom is -0.455 e. The van der Waals surface area contributed by atoms with E-state index < -0.39 is 0 Å². The smallest absolute Gasteiger partial charge is 0.145 e. The van der Waals surface area contributed by atoms with Crippen LogP contribution >= 0.6 is 0 Å². The summed E-state index contributed by atoms with van der Waals surface area (Å²) in [7, 11) is 0. The Morgan fingerprint density at radius 2 is 1.08 bits per heavy atom. The van der Waals surface area contributed by atoms with E-state index in [0.29, 0.717) is 0 Å². The standard InChI is InChI=1S/C50H32N2O/c1-3-14-33(15-4-1)39-30-31-45(49-42-22-10-12-25-47(42)53-50(39)49)52(44-24-13-17-35-27-26-34-16-7-8-20-38(34)48(35)44)37-28-29-41-40-21-9-11-23-43(40)51(46(41)32-37)36-18-5-2-6-19-36/h1-32H. The van der Waals surface area contributed by atoms with Gasteiger partial charge in [-0.1, -0.05) is 140 Å². The molecule has 0 bridgehead atoms. The maximum absolute atomic E-state index is 6.81. The van der Waals surface area contributed by atoms with Gasteiger partial charge < -0.3 is 13.9 Å². The number of hydrogen-bond acceptors (Lipinski definition) is 2. The lowest BCUT2D eigenvalue weighted by Crippen LogP contribution is -2.11. The zero-order valence-electron chi connectivity index (χ0n) is 28.8. The summed E-state index contributed by atoms with van der Waals surface area (Å²) in [6.07, 6.45) is 0. The van der Waals surface area contributed by atoms with Gasteiger partial charge in [-0.25, -0.2) is 0 Å². The normalized spacial score (nSPS) is 11.8. The Balaban J connectivity index is 1.29. The van der Waals surface area contributed by atoms with E-state index in [-0.39, 0.29) is 0 Å². The van der Waals surface area contributed by atoms with Gasteiger partial charge in [-0.3, -0.25) is 0 Å². The van der Waals surface area contributed by atoms with Crippen molar-refractivity contribution in [3.8, 4) is 16.8 Å². The molecule has 0 radical (unpaired) electrons. The summed E-state index contributed by atoms with van der Waals surface area (Å²) >= 11 is 0. The number of aromatic nitrogens is 1. The molecule has 0 aliphatic carbocycles. The minimum absolute atomic E-state index is 0.870. The number of rotatable bonds is 5. The second-order valence-electron chi connectivity index (χ2n) is 13.7. The van der Waals surface area contributed by atoms with Crippen LogP contribution in [0.25, 0.3) is 82.1 Å². The van der Waals surface area contributed by atoms with Crippen LogP contribution in [0.1, 0.15) is 0 Å². The molecule has 3 heteroatoms. The predicted octanol–water partition coefficient (Wildman–Crippen LogP) is 14.1. The molecule has 0 aliphatic rings. The molecular formula is C50H32N2O. The highest BCUT2D eigenvalue weighted by molar-refractivity contribution is 6.21. The monoisotopic (exact) mass is 676 g/mol. The molecule has 248 valence electrons. The second kappa shape index (κ2) is 11.7. The number of anilines is 3. The fourth-order valence-corrected chi connectivity index (χ4v) is 8.43. The van der Waals surface area contributed by atoms with Crippen molar-refractivity contribution < 1.29 is 4.42 Å². The van der Waals surface area contributed by atoms with E-state index in [1.54, 1.807) is 0 Å². The third-order valence-corrected chi connectivity index (χ3v) is 10.7. The first-order chi connectivity index (χ1) is 26.3. The van der Waals surface area contributed by atoms with Crippen LogP contribution in [0.15, 0.2) is 199 Å². The molecular weight excluding hydrogens is 645 g/mol. The molecule has 0 saturated carbocycles. The minimum atomic E-state index is 0.870. The van der Waals surface area contributed by atoms with Gasteiger partial charge in [0, 0.05) is 38.5 Å². The van der Waals surface area contributed by atoms with Crippen molar-refractivity contribution in [1.29, 1.82) is 0 Å². The average molecular weight is 677 g/mol. The highest BCUT2D eigenvalue weighted by Crippen LogP contribution is 2.49. The SMILES string of the molecule is c1ccc(-c2ccc(N(c3ccc4c5ccccc5n(-c5ccccc5)c4c3)c3cccc4ccc5ccccc5c34)c3c2oc2ccccc23)cc1. The van der Waals surface area contributed by atoms with Gasteiger partial charge in [0.1, 0.15) is 11.2 Å². The van der Waals surface area contributed by atoms with Gasteiger partial charge in [0.2, 0.25) is 0 Å². The van der Waals surface area contributed by atoms with Gasteiger partial charge in [-0.2, -0.15) is 0 Å². The van der Waals surface area contributed by atoms with E-state index in [1.165, 1.54) is 37.8 Å². The quantitative estimate of drug-likeness (QED) is 0.169. The number of hydrogen-bond donors (Lipinski definition) is 0. The van der Waals surface area contributed by atoms with Crippen LogP contribution in [-0.2, 0) is 0 Å². The van der Waals surface area contributed by atoms with Gasteiger partial charge in [0.15, 0.2) is 0 Å². The number of para-hydroxylation sites is 3. The van der Waals surface area contributed by atoms with E-state index in [1.807, 2.05) is 0 Å². The number of fused-ring (bicyclic) bond motifs is 9. The van der Waals surface area contributed by atoms with E-state index in [2.05, 4.69) is 204 Å². The Bertz CT molecular complexity index is 3170. The molecule has 53 heavy (non-hydrogen) atoms. The lowest BCUT2D eigenvalue weighted by atomic mass is 9.97. The van der Waals surface area contributed by atoms with Crippen LogP contribution in [0.5, 0.6) is 0 Å². The van der Waals surface area contributed by atoms with E-state index >= 15 is 0 Å². The first-order valence-electron chi connectivity index (χ1n) is 18.1. The predicted molar refractivity (Wildman–Crippen MR) is 223 cm³/mol. The molecule has 2 heterocycles. The van der Waals surface area contributed by atoms with Gasteiger partial charge in [0.25, 0.3) is 0 Å². The van der Waals surface area contributed by atoms with E-state index in [0.717, 1.165) is 61.3 Å². The van der Waals surface area contributed by atoms with Gasteiger partial charge >= 0.3 is 0 Å². The maximum Gasteiger partial charge on any atom is 0.145 e. The van der Waals surface area contributed by atoms with Gasteiger partial charge in [-0.05, 0) is 76.3 Å². The number of furan rings is 1. The van der Waals surface area contributed by atoms with Gasteiger partial charge in [-0.15, -0.1) is 0 Å². The number of nitrogens with zero attached hydrogens (tertiary/aromatic N) is 2. The third kappa shape index (κ3) is 4.54. The van der Waals surface area contributed by atoms with E-state index in [9.17, 15) is 0 Å². The summed E-state index contributed by atoms with van der Waals surface area (Å²) in [5.41, 5.74) is 10.7. The second-order valence-corrected chi connectivity index (χ2v) is 13.7. The summed E-state index contributed by atoms with van der Waals surface area (Å²) in [5.74, 6) is 0. The van der Waals surface area contributed by atoms with Crippen LogP contribution < -0.4 is 4.90 Å². The van der Waals surface area contributed by atoms with Crippen molar-refractivity contribution in [2.24, 2.45) is 0 Å². The maximum atomic E-state index is 6.81. The molecule has 3 nitrogen and oxygen atoms in total. The van der Waals surface area contributed by atoms with E-state index in [4.69, 9.17) is 4.42 Å². The molecule has 11 aromatic rings. The zero-order valence-corrected chi connectivity index (χ0v) is 28.8. The number of benzene rings is 9. The van der Waals surface area contributed by atoms with Crippen LogP contribution in [0, 0.1) is 0 Å². The Morgan fingerprint density at radius 3 is 1.94 bits per heavy atom. The molecule has 0 amide bonds. The fraction of sp³-hybridized carbons (Fsp3) is 0. The van der Waals surface area contributed by atoms with Crippen LogP contribution in [0.4, 0.5) is 17.1 Å². The summed E-state index contributed by atoms with van der Waals surface area (Å²) in [5, 5.41) is 9.46. The highest BCUT2D eigenvalue weighted by Gasteiger charge is 2.25. The van der Waals surface area contributed by atoms with Crippen molar-refractivity contribution in [3.05, 3.63) is 194 Å². The Kier molecular flexibility index (Phi) is 6.55. The Labute approximate surface area is 306 Å². The van der Waals surface area contributed by atoms with Crippen LogP contribution in [0.2, 0.25) is 0 Å². The molecule has 0 saturated heterocycles. The molecule has 9 aromatic carbocycles. The zero-order chi connectivity index (χ0) is 34.9. The molecule has 11 rings (SSSR count). The van der Waals surface area contributed by atoms with Gasteiger partial charge in [0.05, 0.1) is 27.8 Å². The fourth-order valence-electron chi connectivity index (χ4n) is 8.43.